The Labute approximate surface area is 217 Å². The van der Waals surface area contributed by atoms with Crippen molar-refractivity contribution in [2.24, 2.45) is 11.8 Å². The lowest BCUT2D eigenvalue weighted by molar-refractivity contribution is -0.151. The SMILES string of the molecule is COCc1cccc(CC(O)C=CC2C(O)CC(=O)C2CCSCCCC(=O)OCCOC(C)=O)c1. The summed E-state index contributed by atoms with van der Waals surface area (Å²) in [6.07, 6.45) is 4.18. The summed E-state index contributed by atoms with van der Waals surface area (Å²) in [4.78, 5) is 34.8. The van der Waals surface area contributed by atoms with Crippen LogP contribution < -0.4 is 0 Å². The van der Waals surface area contributed by atoms with E-state index < -0.39 is 18.2 Å². The van der Waals surface area contributed by atoms with Crippen molar-refractivity contribution in [3.8, 4) is 0 Å². The smallest absolute Gasteiger partial charge is 0.305 e. The van der Waals surface area contributed by atoms with Gasteiger partial charge in [-0.15, -0.1) is 0 Å². The first-order valence-corrected chi connectivity index (χ1v) is 13.5. The van der Waals surface area contributed by atoms with Crippen molar-refractivity contribution >= 4 is 29.5 Å². The largest absolute Gasteiger partial charge is 0.462 e. The molecule has 200 valence electrons. The third-order valence-electron chi connectivity index (χ3n) is 5.93. The first-order chi connectivity index (χ1) is 17.3. The van der Waals surface area contributed by atoms with Gasteiger partial charge < -0.3 is 24.4 Å². The number of carbonyl (C=O) groups excluding carboxylic acids is 3. The Morgan fingerprint density at radius 3 is 2.69 bits per heavy atom. The van der Waals surface area contributed by atoms with Gasteiger partial charge in [0.15, 0.2) is 0 Å². The van der Waals surface area contributed by atoms with E-state index in [-0.39, 0.29) is 49.6 Å². The summed E-state index contributed by atoms with van der Waals surface area (Å²) in [7, 11) is 1.64. The molecule has 4 unspecified atom stereocenters. The van der Waals surface area contributed by atoms with Gasteiger partial charge in [0.05, 0.1) is 18.8 Å². The summed E-state index contributed by atoms with van der Waals surface area (Å²) >= 11 is 1.66. The van der Waals surface area contributed by atoms with Gasteiger partial charge in [-0.25, -0.2) is 0 Å². The van der Waals surface area contributed by atoms with E-state index in [0.29, 0.717) is 25.9 Å². The minimum atomic E-state index is -0.734. The second-order valence-corrected chi connectivity index (χ2v) is 10.1. The zero-order chi connectivity index (χ0) is 26.3. The van der Waals surface area contributed by atoms with E-state index in [2.05, 4.69) is 0 Å². The zero-order valence-corrected chi connectivity index (χ0v) is 21.9. The van der Waals surface area contributed by atoms with Gasteiger partial charge >= 0.3 is 11.9 Å². The maximum absolute atomic E-state index is 12.4. The van der Waals surface area contributed by atoms with Crippen molar-refractivity contribution < 1.29 is 38.8 Å². The first kappa shape index (κ1) is 30.0. The van der Waals surface area contributed by atoms with Crippen molar-refractivity contribution in [2.45, 2.75) is 57.8 Å². The molecule has 0 aliphatic heterocycles. The number of hydrogen-bond acceptors (Lipinski definition) is 9. The number of ketones is 1. The van der Waals surface area contributed by atoms with E-state index in [0.717, 1.165) is 22.6 Å². The van der Waals surface area contributed by atoms with Crippen molar-refractivity contribution in [3.63, 3.8) is 0 Å². The van der Waals surface area contributed by atoms with Crippen LogP contribution in [0.1, 0.15) is 43.7 Å². The van der Waals surface area contributed by atoms with E-state index in [9.17, 15) is 24.6 Å². The molecule has 36 heavy (non-hydrogen) atoms. The van der Waals surface area contributed by atoms with Crippen LogP contribution in [0.3, 0.4) is 0 Å². The molecule has 0 saturated heterocycles. The molecule has 0 radical (unpaired) electrons. The number of Topliss-reactive ketones (excluding diaryl/α,β-unsaturated/α-hetero) is 1. The molecular weight excluding hydrogens is 484 g/mol. The molecule has 4 atom stereocenters. The van der Waals surface area contributed by atoms with Crippen molar-refractivity contribution in [3.05, 3.63) is 47.5 Å². The third kappa shape index (κ3) is 11.2. The normalized spacial score (nSPS) is 20.6. The standard InChI is InChI=1S/C27H38O8S/c1-19(28)34-11-12-35-27(32)7-4-13-36-14-10-24-23(25(30)17-26(24)31)9-8-22(29)16-20-5-3-6-21(15-20)18-33-2/h3,5-6,8-9,15,22-25,29-30H,4,7,10-14,16-18H2,1-2H3. The quantitative estimate of drug-likeness (QED) is 0.192. The number of aliphatic hydroxyl groups excluding tert-OH is 2. The lowest BCUT2D eigenvalue weighted by atomic mass is 9.91. The topological polar surface area (TPSA) is 119 Å². The van der Waals surface area contributed by atoms with E-state index in [4.69, 9.17) is 14.2 Å². The maximum Gasteiger partial charge on any atom is 0.305 e. The maximum atomic E-state index is 12.4. The minimum Gasteiger partial charge on any atom is -0.462 e. The molecule has 1 aromatic rings. The fraction of sp³-hybridized carbons (Fsp3) is 0.593. The molecule has 0 aromatic heterocycles. The molecule has 1 fully saturated rings. The van der Waals surface area contributed by atoms with Crippen LogP contribution in [0.25, 0.3) is 0 Å². The summed E-state index contributed by atoms with van der Waals surface area (Å²) in [6, 6.07) is 7.85. The van der Waals surface area contributed by atoms with Crippen LogP contribution in [-0.4, -0.2) is 72.0 Å². The Bertz CT molecular complexity index is 871. The van der Waals surface area contributed by atoms with E-state index in [1.807, 2.05) is 24.3 Å². The monoisotopic (exact) mass is 522 g/mol. The molecule has 2 N–H and O–H groups in total. The molecule has 0 heterocycles. The van der Waals surface area contributed by atoms with Gasteiger partial charge in [-0.2, -0.15) is 11.8 Å². The molecule has 1 aromatic carbocycles. The summed E-state index contributed by atoms with van der Waals surface area (Å²) in [6.45, 7) is 1.93. The summed E-state index contributed by atoms with van der Waals surface area (Å²) < 4.78 is 14.8. The number of benzene rings is 1. The number of methoxy groups -OCH3 is 1. The zero-order valence-electron chi connectivity index (χ0n) is 21.1. The molecule has 0 spiro atoms. The van der Waals surface area contributed by atoms with Crippen LogP contribution in [0.5, 0.6) is 0 Å². The predicted molar refractivity (Wildman–Crippen MR) is 137 cm³/mol. The molecule has 8 nitrogen and oxygen atoms in total. The van der Waals surface area contributed by atoms with E-state index >= 15 is 0 Å². The van der Waals surface area contributed by atoms with Gasteiger partial charge in [0.1, 0.15) is 19.0 Å². The minimum absolute atomic E-state index is 0.0517. The highest BCUT2D eigenvalue weighted by Gasteiger charge is 2.39. The second-order valence-electron chi connectivity index (χ2n) is 8.90. The Hall–Kier alpha value is -2.20. The molecule has 1 saturated carbocycles. The fourth-order valence-electron chi connectivity index (χ4n) is 4.22. The molecule has 0 bridgehead atoms. The third-order valence-corrected chi connectivity index (χ3v) is 7.03. The Balaban J connectivity index is 1.71. The van der Waals surface area contributed by atoms with Crippen LogP contribution in [-0.2, 0) is 41.6 Å². The first-order valence-electron chi connectivity index (χ1n) is 12.3. The van der Waals surface area contributed by atoms with Gasteiger partial charge in [0.25, 0.3) is 0 Å². The number of hydrogen-bond donors (Lipinski definition) is 2. The van der Waals surface area contributed by atoms with Gasteiger partial charge in [0.2, 0.25) is 0 Å². The van der Waals surface area contributed by atoms with Crippen LogP contribution in [0.4, 0.5) is 0 Å². The number of thioether (sulfide) groups is 1. The van der Waals surface area contributed by atoms with Gasteiger partial charge in [-0.3, -0.25) is 14.4 Å². The fourth-order valence-corrected chi connectivity index (χ4v) is 5.19. The average molecular weight is 523 g/mol. The number of carbonyl (C=O) groups is 3. The summed E-state index contributed by atoms with van der Waals surface area (Å²) in [5, 5.41) is 20.9. The van der Waals surface area contributed by atoms with Crippen LogP contribution in [0.15, 0.2) is 36.4 Å². The van der Waals surface area contributed by atoms with Crippen molar-refractivity contribution in [1.82, 2.24) is 0 Å². The lowest BCUT2D eigenvalue weighted by Crippen LogP contribution is -2.20. The molecule has 1 aliphatic rings. The van der Waals surface area contributed by atoms with Crippen LogP contribution in [0, 0.1) is 11.8 Å². The molecule has 0 amide bonds. The highest BCUT2D eigenvalue weighted by atomic mass is 32.2. The molecule has 2 rings (SSSR count). The van der Waals surface area contributed by atoms with Crippen LogP contribution in [0.2, 0.25) is 0 Å². The lowest BCUT2D eigenvalue weighted by Gasteiger charge is -2.18. The molecule has 9 heteroatoms. The Kier molecular flexibility index (Phi) is 13.8. The Morgan fingerprint density at radius 2 is 1.94 bits per heavy atom. The van der Waals surface area contributed by atoms with Crippen LogP contribution >= 0.6 is 11.8 Å². The average Bonchev–Trinajstić information content (AvgIpc) is 3.09. The number of esters is 2. The predicted octanol–water partition coefficient (Wildman–Crippen LogP) is 2.87. The number of ether oxygens (including phenoxy) is 3. The summed E-state index contributed by atoms with van der Waals surface area (Å²) in [5.41, 5.74) is 2.03. The van der Waals surface area contributed by atoms with E-state index in [1.165, 1.54) is 6.92 Å². The highest BCUT2D eigenvalue weighted by molar-refractivity contribution is 7.99. The molecular formula is C27H38O8S. The van der Waals surface area contributed by atoms with Gasteiger partial charge in [0, 0.05) is 45.1 Å². The van der Waals surface area contributed by atoms with Gasteiger partial charge in [-0.1, -0.05) is 36.4 Å². The molecule has 1 aliphatic carbocycles. The Morgan fingerprint density at radius 1 is 1.19 bits per heavy atom. The number of rotatable bonds is 16. The summed E-state index contributed by atoms with van der Waals surface area (Å²) in [5.74, 6) is 0.232. The van der Waals surface area contributed by atoms with Crippen molar-refractivity contribution in [1.29, 1.82) is 0 Å². The van der Waals surface area contributed by atoms with E-state index in [1.54, 1.807) is 31.0 Å². The van der Waals surface area contributed by atoms with Gasteiger partial charge in [-0.05, 0) is 35.5 Å². The number of aliphatic hydroxyl groups is 2. The van der Waals surface area contributed by atoms with Crippen molar-refractivity contribution in [2.75, 3.05) is 31.8 Å². The highest BCUT2D eigenvalue weighted by Crippen LogP contribution is 2.34. The second kappa shape index (κ2) is 16.5.